The molecule has 12 heavy (non-hydrogen) atoms. The molecule has 4 N–H and O–H groups in total. The van der Waals surface area contributed by atoms with Crippen LogP contribution in [0.25, 0.3) is 0 Å². The van der Waals surface area contributed by atoms with Crippen LogP contribution in [0.3, 0.4) is 0 Å². The Kier molecular flexibility index (Phi) is 5.03. The maximum Gasteiger partial charge on any atom is 0.325 e. The molecule has 1 amide bonds. The summed E-state index contributed by atoms with van der Waals surface area (Å²) in [6.07, 6.45) is 0.867. The molecule has 0 bridgehead atoms. The van der Waals surface area contributed by atoms with E-state index >= 15 is 0 Å². The summed E-state index contributed by atoms with van der Waals surface area (Å²) in [5, 5.41) is 10.7. The van der Waals surface area contributed by atoms with Gasteiger partial charge in [0.25, 0.3) is 0 Å². The largest absolute Gasteiger partial charge is 0.480 e. The molecule has 0 aromatic rings. The first-order valence-electron chi connectivity index (χ1n) is 3.80. The minimum absolute atomic E-state index is 0.268. The van der Waals surface area contributed by atoms with Crippen LogP contribution in [0.15, 0.2) is 0 Å². The van der Waals surface area contributed by atoms with E-state index in [9.17, 15) is 9.59 Å². The smallest absolute Gasteiger partial charge is 0.325 e. The minimum atomic E-state index is -1.03. The van der Waals surface area contributed by atoms with Crippen molar-refractivity contribution in [3.05, 3.63) is 0 Å². The van der Waals surface area contributed by atoms with Gasteiger partial charge in [0.1, 0.15) is 6.04 Å². The van der Waals surface area contributed by atoms with Gasteiger partial charge in [-0.2, -0.15) is 0 Å². The fraction of sp³-hybridized carbons (Fsp3) is 0.714. The maximum atomic E-state index is 10.9. The van der Waals surface area contributed by atoms with Crippen molar-refractivity contribution >= 4 is 11.9 Å². The zero-order valence-corrected chi connectivity index (χ0v) is 7.04. The van der Waals surface area contributed by atoms with Crippen LogP contribution in [-0.4, -0.2) is 29.6 Å². The first-order chi connectivity index (χ1) is 5.57. The number of carboxylic acids is 1. The summed E-state index contributed by atoms with van der Waals surface area (Å²) in [6.45, 7) is 1.86. The monoisotopic (exact) mass is 174 g/mol. The second kappa shape index (κ2) is 5.54. The molecule has 0 unspecified atom stereocenters. The van der Waals surface area contributed by atoms with E-state index < -0.39 is 12.0 Å². The number of hydrogen-bond donors (Lipinski definition) is 3. The lowest BCUT2D eigenvalue weighted by Crippen LogP contribution is -2.38. The molecule has 0 aliphatic rings. The fourth-order valence-electron chi connectivity index (χ4n) is 0.638. The lowest BCUT2D eigenvalue weighted by molar-refractivity contribution is -0.141. The Labute approximate surface area is 70.9 Å². The van der Waals surface area contributed by atoms with Gasteiger partial charge in [0.2, 0.25) is 5.91 Å². The van der Waals surface area contributed by atoms with Crippen LogP contribution in [0.4, 0.5) is 0 Å². The quantitative estimate of drug-likeness (QED) is 0.514. The fourth-order valence-corrected chi connectivity index (χ4v) is 0.638. The summed E-state index contributed by atoms with van der Waals surface area (Å²) >= 11 is 0. The summed E-state index contributed by atoms with van der Waals surface area (Å²) in [5.41, 5.74) is 5.17. The molecule has 0 rings (SSSR count). The minimum Gasteiger partial charge on any atom is -0.480 e. The van der Waals surface area contributed by atoms with Crippen molar-refractivity contribution in [2.75, 3.05) is 6.54 Å². The third-order valence-electron chi connectivity index (χ3n) is 1.36. The Balaban J connectivity index is 3.61. The van der Waals surface area contributed by atoms with Crippen molar-refractivity contribution in [3.63, 3.8) is 0 Å². The number of nitrogens with one attached hydrogen (secondary N) is 1. The average Bonchev–Trinajstić information content (AvgIpc) is 2.00. The number of carbonyl (C=O) groups excluding carboxylic acids is 1. The van der Waals surface area contributed by atoms with Crippen molar-refractivity contribution in [2.24, 2.45) is 5.73 Å². The first-order valence-corrected chi connectivity index (χ1v) is 3.80. The molecular weight excluding hydrogens is 160 g/mol. The highest BCUT2D eigenvalue weighted by Gasteiger charge is 2.12. The Hall–Kier alpha value is -1.10. The highest BCUT2D eigenvalue weighted by atomic mass is 16.4. The normalized spacial score (nSPS) is 12.2. The zero-order chi connectivity index (χ0) is 9.56. The predicted molar refractivity (Wildman–Crippen MR) is 43.5 cm³/mol. The van der Waals surface area contributed by atoms with E-state index in [0.717, 1.165) is 0 Å². The average molecular weight is 174 g/mol. The van der Waals surface area contributed by atoms with Gasteiger partial charge in [0.15, 0.2) is 0 Å². The van der Waals surface area contributed by atoms with Gasteiger partial charge in [0, 0.05) is 6.42 Å². The topological polar surface area (TPSA) is 92.4 Å². The van der Waals surface area contributed by atoms with Gasteiger partial charge in [-0.1, -0.05) is 0 Å². The van der Waals surface area contributed by atoms with Crippen molar-refractivity contribution in [2.45, 2.75) is 25.8 Å². The van der Waals surface area contributed by atoms with E-state index in [1.807, 2.05) is 0 Å². The van der Waals surface area contributed by atoms with E-state index in [2.05, 4.69) is 5.32 Å². The van der Waals surface area contributed by atoms with Gasteiger partial charge in [-0.15, -0.1) is 0 Å². The molecule has 0 aliphatic carbocycles. The third-order valence-corrected chi connectivity index (χ3v) is 1.36. The van der Waals surface area contributed by atoms with Gasteiger partial charge in [-0.3, -0.25) is 9.59 Å². The second-order valence-electron chi connectivity index (χ2n) is 2.52. The molecule has 70 valence electrons. The molecule has 0 fully saturated rings. The SMILES string of the molecule is C[C@H](NC(=O)CCCN)C(=O)O. The van der Waals surface area contributed by atoms with Crippen molar-refractivity contribution in [3.8, 4) is 0 Å². The number of rotatable bonds is 5. The van der Waals surface area contributed by atoms with Crippen molar-refractivity contribution in [1.82, 2.24) is 5.32 Å². The van der Waals surface area contributed by atoms with Crippen LogP contribution in [0.1, 0.15) is 19.8 Å². The highest BCUT2D eigenvalue weighted by Crippen LogP contribution is 1.88. The van der Waals surface area contributed by atoms with Crippen molar-refractivity contribution < 1.29 is 14.7 Å². The number of amides is 1. The van der Waals surface area contributed by atoms with Crippen molar-refractivity contribution in [1.29, 1.82) is 0 Å². The number of nitrogens with two attached hydrogens (primary N) is 1. The number of aliphatic carboxylic acids is 1. The highest BCUT2D eigenvalue weighted by molar-refractivity contribution is 5.83. The third kappa shape index (κ3) is 4.68. The Morgan fingerprint density at radius 3 is 2.58 bits per heavy atom. The number of hydrogen-bond acceptors (Lipinski definition) is 3. The number of carbonyl (C=O) groups is 2. The molecule has 0 saturated heterocycles. The van der Waals surface area contributed by atoms with Gasteiger partial charge in [-0.25, -0.2) is 0 Å². The van der Waals surface area contributed by atoms with Gasteiger partial charge in [0.05, 0.1) is 0 Å². The zero-order valence-electron chi connectivity index (χ0n) is 7.04. The van der Waals surface area contributed by atoms with Crippen LogP contribution in [0.5, 0.6) is 0 Å². The van der Waals surface area contributed by atoms with E-state index in [1.165, 1.54) is 6.92 Å². The van der Waals surface area contributed by atoms with Gasteiger partial charge in [-0.05, 0) is 19.9 Å². The molecule has 0 spiro atoms. The first kappa shape index (κ1) is 10.9. The molecule has 0 aliphatic heterocycles. The second-order valence-corrected chi connectivity index (χ2v) is 2.52. The summed E-state index contributed by atoms with van der Waals surface area (Å²) in [5.74, 6) is -1.30. The lowest BCUT2D eigenvalue weighted by Gasteiger charge is -2.07. The van der Waals surface area contributed by atoms with Crippen LogP contribution < -0.4 is 11.1 Å². The summed E-state index contributed by atoms with van der Waals surface area (Å²) in [4.78, 5) is 21.2. The molecule has 0 radical (unpaired) electrons. The van der Waals surface area contributed by atoms with E-state index in [0.29, 0.717) is 13.0 Å². The predicted octanol–water partition coefficient (Wildman–Crippen LogP) is -0.685. The van der Waals surface area contributed by atoms with Gasteiger partial charge < -0.3 is 16.2 Å². The van der Waals surface area contributed by atoms with E-state index in [-0.39, 0.29) is 12.3 Å². The maximum absolute atomic E-state index is 10.9. The van der Waals surface area contributed by atoms with Crippen LogP contribution in [0, 0.1) is 0 Å². The van der Waals surface area contributed by atoms with Crippen LogP contribution in [-0.2, 0) is 9.59 Å². The molecule has 0 heterocycles. The summed E-state index contributed by atoms with van der Waals surface area (Å²) in [7, 11) is 0. The molecule has 0 aromatic carbocycles. The van der Waals surface area contributed by atoms with E-state index in [4.69, 9.17) is 10.8 Å². The van der Waals surface area contributed by atoms with Crippen LogP contribution in [0.2, 0.25) is 0 Å². The number of carboxylic acid groups (broad SMARTS) is 1. The molecule has 5 nitrogen and oxygen atoms in total. The Morgan fingerprint density at radius 1 is 1.58 bits per heavy atom. The standard InChI is InChI=1S/C7H14N2O3/c1-5(7(11)12)9-6(10)3-2-4-8/h5H,2-4,8H2,1H3,(H,9,10)(H,11,12)/t5-/m0/s1. The summed E-state index contributed by atoms with van der Waals surface area (Å²) < 4.78 is 0. The molecule has 0 saturated carbocycles. The Morgan fingerprint density at radius 2 is 2.17 bits per heavy atom. The lowest BCUT2D eigenvalue weighted by atomic mass is 10.2. The summed E-state index contributed by atoms with van der Waals surface area (Å²) in [6, 6.07) is -0.824. The molecule has 5 heteroatoms. The van der Waals surface area contributed by atoms with Crippen LogP contribution >= 0.6 is 0 Å². The van der Waals surface area contributed by atoms with E-state index in [1.54, 1.807) is 0 Å². The molecule has 1 atom stereocenters. The molecular formula is C7H14N2O3. The van der Waals surface area contributed by atoms with Gasteiger partial charge >= 0.3 is 5.97 Å². The Bertz CT molecular complexity index is 170. The molecule has 0 aromatic heterocycles.